The molecule has 0 aliphatic carbocycles. The van der Waals surface area contributed by atoms with E-state index < -0.39 is 0 Å². The van der Waals surface area contributed by atoms with E-state index in [0.717, 1.165) is 6.54 Å². The van der Waals surface area contributed by atoms with Crippen LogP contribution in [0.1, 0.15) is 24.2 Å². The zero-order chi connectivity index (χ0) is 12.0. The van der Waals surface area contributed by atoms with E-state index in [-0.39, 0.29) is 11.7 Å². The molecule has 0 spiro atoms. The van der Waals surface area contributed by atoms with Crippen molar-refractivity contribution in [2.24, 2.45) is 0 Å². The largest absolute Gasteiger partial charge is 0.508 e. The maximum atomic E-state index is 11.6. The molecule has 4 heteroatoms. The van der Waals surface area contributed by atoms with Gasteiger partial charge in [0.15, 0.2) is 0 Å². The SMILES string of the molecule is CC(C)NCCNC(=O)c1ccc(O)cc1. The number of phenolic OH excluding ortho intramolecular Hbond substituents is 1. The highest BCUT2D eigenvalue weighted by molar-refractivity contribution is 5.94. The molecule has 0 fully saturated rings. The Bertz CT molecular complexity index is 333. The Labute approximate surface area is 95.7 Å². The number of hydrogen-bond donors (Lipinski definition) is 3. The molecule has 0 radical (unpaired) electrons. The lowest BCUT2D eigenvalue weighted by Gasteiger charge is -2.09. The second-order valence-electron chi connectivity index (χ2n) is 3.91. The van der Waals surface area contributed by atoms with Gasteiger partial charge in [-0.05, 0) is 24.3 Å². The normalized spacial score (nSPS) is 10.4. The van der Waals surface area contributed by atoms with Gasteiger partial charge in [0, 0.05) is 24.7 Å². The van der Waals surface area contributed by atoms with E-state index in [4.69, 9.17) is 5.11 Å². The number of carbonyl (C=O) groups is 1. The molecule has 0 heterocycles. The summed E-state index contributed by atoms with van der Waals surface area (Å²) in [5, 5.41) is 15.1. The first-order valence-electron chi connectivity index (χ1n) is 5.40. The van der Waals surface area contributed by atoms with Crippen LogP contribution in [-0.4, -0.2) is 30.1 Å². The fourth-order valence-electron chi connectivity index (χ4n) is 1.25. The van der Waals surface area contributed by atoms with Crippen LogP contribution in [0.5, 0.6) is 5.75 Å². The van der Waals surface area contributed by atoms with Crippen LogP contribution in [0.15, 0.2) is 24.3 Å². The van der Waals surface area contributed by atoms with Gasteiger partial charge in [-0.2, -0.15) is 0 Å². The number of phenols is 1. The fraction of sp³-hybridized carbons (Fsp3) is 0.417. The summed E-state index contributed by atoms with van der Waals surface area (Å²) in [7, 11) is 0. The highest BCUT2D eigenvalue weighted by Crippen LogP contribution is 2.08. The van der Waals surface area contributed by atoms with Crippen LogP contribution in [0.4, 0.5) is 0 Å². The number of hydrogen-bond acceptors (Lipinski definition) is 3. The molecule has 0 saturated carbocycles. The lowest BCUT2D eigenvalue weighted by Crippen LogP contribution is -2.34. The molecule has 0 atom stereocenters. The van der Waals surface area contributed by atoms with Crippen LogP contribution in [0, 0.1) is 0 Å². The number of amides is 1. The van der Waals surface area contributed by atoms with Crippen LogP contribution >= 0.6 is 0 Å². The topological polar surface area (TPSA) is 61.4 Å². The summed E-state index contributed by atoms with van der Waals surface area (Å²) < 4.78 is 0. The van der Waals surface area contributed by atoms with Crippen LogP contribution in [-0.2, 0) is 0 Å². The third-order valence-corrected chi connectivity index (χ3v) is 2.09. The zero-order valence-corrected chi connectivity index (χ0v) is 9.66. The molecule has 0 aliphatic rings. The standard InChI is InChI=1S/C12H18N2O2/c1-9(2)13-7-8-14-12(16)10-3-5-11(15)6-4-10/h3-6,9,13,15H,7-8H2,1-2H3,(H,14,16). The molecule has 88 valence electrons. The maximum absolute atomic E-state index is 11.6. The highest BCUT2D eigenvalue weighted by Gasteiger charge is 2.03. The van der Waals surface area contributed by atoms with Crippen molar-refractivity contribution in [3.8, 4) is 5.75 Å². The Morgan fingerprint density at radius 3 is 2.44 bits per heavy atom. The van der Waals surface area contributed by atoms with Crippen molar-refractivity contribution in [3.05, 3.63) is 29.8 Å². The minimum atomic E-state index is -0.120. The van der Waals surface area contributed by atoms with E-state index in [2.05, 4.69) is 24.5 Å². The van der Waals surface area contributed by atoms with E-state index in [9.17, 15) is 4.79 Å². The highest BCUT2D eigenvalue weighted by atomic mass is 16.3. The Morgan fingerprint density at radius 1 is 1.25 bits per heavy atom. The van der Waals surface area contributed by atoms with Crippen LogP contribution < -0.4 is 10.6 Å². The van der Waals surface area contributed by atoms with Crippen molar-refractivity contribution in [2.45, 2.75) is 19.9 Å². The van der Waals surface area contributed by atoms with Gasteiger partial charge in [-0.1, -0.05) is 13.8 Å². The zero-order valence-electron chi connectivity index (χ0n) is 9.66. The van der Waals surface area contributed by atoms with Crippen molar-refractivity contribution in [2.75, 3.05) is 13.1 Å². The number of aromatic hydroxyl groups is 1. The van der Waals surface area contributed by atoms with Crippen molar-refractivity contribution in [1.29, 1.82) is 0 Å². The van der Waals surface area contributed by atoms with Crippen molar-refractivity contribution in [1.82, 2.24) is 10.6 Å². The quantitative estimate of drug-likeness (QED) is 0.654. The summed E-state index contributed by atoms with van der Waals surface area (Å²) in [5.41, 5.74) is 0.558. The van der Waals surface area contributed by atoms with Crippen molar-refractivity contribution >= 4 is 5.91 Å². The summed E-state index contributed by atoms with van der Waals surface area (Å²) in [4.78, 5) is 11.6. The summed E-state index contributed by atoms with van der Waals surface area (Å²) in [5.74, 6) is 0.0450. The minimum Gasteiger partial charge on any atom is -0.508 e. The van der Waals surface area contributed by atoms with E-state index in [1.807, 2.05) is 0 Å². The van der Waals surface area contributed by atoms with Crippen LogP contribution in [0.3, 0.4) is 0 Å². The third-order valence-electron chi connectivity index (χ3n) is 2.09. The number of benzene rings is 1. The first-order chi connectivity index (χ1) is 7.59. The van der Waals surface area contributed by atoms with Gasteiger partial charge < -0.3 is 15.7 Å². The molecule has 0 aliphatic heterocycles. The van der Waals surface area contributed by atoms with Gasteiger partial charge in [-0.3, -0.25) is 4.79 Å². The molecule has 1 rings (SSSR count). The molecular weight excluding hydrogens is 204 g/mol. The van der Waals surface area contributed by atoms with Crippen molar-refractivity contribution in [3.63, 3.8) is 0 Å². The van der Waals surface area contributed by atoms with Crippen LogP contribution in [0.25, 0.3) is 0 Å². The molecular formula is C12H18N2O2. The van der Waals surface area contributed by atoms with Gasteiger partial charge >= 0.3 is 0 Å². The predicted octanol–water partition coefficient (Wildman–Crippen LogP) is 1.12. The van der Waals surface area contributed by atoms with Gasteiger partial charge in [0.2, 0.25) is 0 Å². The molecule has 4 nitrogen and oxygen atoms in total. The van der Waals surface area contributed by atoms with E-state index in [0.29, 0.717) is 18.2 Å². The summed E-state index contributed by atoms with van der Waals surface area (Å²) in [6.45, 7) is 5.46. The molecule has 16 heavy (non-hydrogen) atoms. The average Bonchev–Trinajstić information content (AvgIpc) is 2.25. The number of carbonyl (C=O) groups excluding carboxylic acids is 1. The minimum absolute atomic E-state index is 0.120. The summed E-state index contributed by atoms with van der Waals surface area (Å²) in [6.07, 6.45) is 0. The summed E-state index contributed by atoms with van der Waals surface area (Å²) in [6, 6.07) is 6.62. The molecule has 0 aromatic heterocycles. The van der Waals surface area contributed by atoms with E-state index >= 15 is 0 Å². The lowest BCUT2D eigenvalue weighted by molar-refractivity contribution is 0.0953. The molecule has 1 amide bonds. The maximum Gasteiger partial charge on any atom is 0.251 e. The fourth-order valence-corrected chi connectivity index (χ4v) is 1.25. The van der Waals surface area contributed by atoms with Crippen LogP contribution in [0.2, 0.25) is 0 Å². The van der Waals surface area contributed by atoms with Gasteiger partial charge in [-0.25, -0.2) is 0 Å². The number of nitrogens with one attached hydrogen (secondary N) is 2. The smallest absolute Gasteiger partial charge is 0.251 e. The van der Waals surface area contributed by atoms with Gasteiger partial charge in [0.25, 0.3) is 5.91 Å². The molecule has 1 aromatic carbocycles. The van der Waals surface area contributed by atoms with Crippen molar-refractivity contribution < 1.29 is 9.90 Å². The average molecular weight is 222 g/mol. The van der Waals surface area contributed by atoms with Gasteiger partial charge in [0.05, 0.1) is 0 Å². The second kappa shape index (κ2) is 6.12. The Morgan fingerprint density at radius 2 is 1.88 bits per heavy atom. The molecule has 3 N–H and O–H groups in total. The first kappa shape index (κ1) is 12.5. The molecule has 0 bridgehead atoms. The van der Waals surface area contributed by atoms with Gasteiger partial charge in [0.1, 0.15) is 5.75 Å². The molecule has 1 aromatic rings. The Kier molecular flexibility index (Phi) is 4.79. The van der Waals surface area contributed by atoms with E-state index in [1.54, 1.807) is 12.1 Å². The van der Waals surface area contributed by atoms with Gasteiger partial charge in [-0.15, -0.1) is 0 Å². The Balaban J connectivity index is 2.32. The second-order valence-corrected chi connectivity index (χ2v) is 3.91. The molecule has 0 saturated heterocycles. The lowest BCUT2D eigenvalue weighted by atomic mass is 10.2. The number of rotatable bonds is 5. The van der Waals surface area contributed by atoms with E-state index in [1.165, 1.54) is 12.1 Å². The monoisotopic (exact) mass is 222 g/mol. The predicted molar refractivity (Wildman–Crippen MR) is 63.6 cm³/mol. The molecule has 0 unspecified atom stereocenters. The first-order valence-corrected chi connectivity index (χ1v) is 5.40. The summed E-state index contributed by atoms with van der Waals surface area (Å²) >= 11 is 0. The third kappa shape index (κ3) is 4.31. The Hall–Kier alpha value is -1.55.